The number of halogens is 2. The second kappa shape index (κ2) is 7.23. The van der Waals surface area contributed by atoms with Crippen molar-refractivity contribution in [3.8, 4) is 0 Å². The zero-order valence-electron chi connectivity index (χ0n) is 12.4. The highest BCUT2D eigenvalue weighted by Crippen LogP contribution is 2.28. The molecule has 120 valence electrons. The monoisotopic (exact) mass is 342 g/mol. The SMILES string of the molecule is O=C(Nc1cc(F)cc(F)c1)c1cccnc1Sc1ccccc1. The van der Waals surface area contributed by atoms with Crippen molar-refractivity contribution in [1.82, 2.24) is 4.98 Å². The summed E-state index contributed by atoms with van der Waals surface area (Å²) in [7, 11) is 0. The van der Waals surface area contributed by atoms with Crippen LogP contribution < -0.4 is 5.32 Å². The summed E-state index contributed by atoms with van der Waals surface area (Å²) in [6, 6.07) is 15.6. The van der Waals surface area contributed by atoms with Gasteiger partial charge in [0.2, 0.25) is 0 Å². The Morgan fingerprint density at radius 3 is 2.38 bits per heavy atom. The number of anilines is 1. The summed E-state index contributed by atoms with van der Waals surface area (Å²) in [5.74, 6) is -1.99. The molecule has 0 aliphatic rings. The van der Waals surface area contributed by atoms with Crippen LogP contribution in [0.1, 0.15) is 10.4 Å². The number of aromatic nitrogens is 1. The molecule has 0 fully saturated rings. The summed E-state index contributed by atoms with van der Waals surface area (Å²) in [4.78, 5) is 17.6. The van der Waals surface area contributed by atoms with Gasteiger partial charge in [-0.25, -0.2) is 13.8 Å². The third-order valence-corrected chi connectivity index (χ3v) is 4.12. The molecule has 0 radical (unpaired) electrons. The molecule has 3 nitrogen and oxygen atoms in total. The summed E-state index contributed by atoms with van der Waals surface area (Å²) >= 11 is 1.34. The summed E-state index contributed by atoms with van der Waals surface area (Å²) in [5.41, 5.74) is 0.382. The molecule has 0 unspecified atom stereocenters. The average Bonchev–Trinajstić information content (AvgIpc) is 2.55. The topological polar surface area (TPSA) is 42.0 Å². The Kier molecular flexibility index (Phi) is 4.86. The van der Waals surface area contributed by atoms with E-state index in [1.165, 1.54) is 11.8 Å². The number of amides is 1. The average molecular weight is 342 g/mol. The van der Waals surface area contributed by atoms with Crippen LogP contribution >= 0.6 is 11.8 Å². The van der Waals surface area contributed by atoms with Gasteiger partial charge in [-0.3, -0.25) is 4.79 Å². The van der Waals surface area contributed by atoms with E-state index in [-0.39, 0.29) is 5.69 Å². The van der Waals surface area contributed by atoms with E-state index >= 15 is 0 Å². The van der Waals surface area contributed by atoms with Gasteiger partial charge in [0.25, 0.3) is 5.91 Å². The molecule has 1 aromatic heterocycles. The van der Waals surface area contributed by atoms with Crippen molar-refractivity contribution >= 4 is 23.4 Å². The first kappa shape index (κ1) is 16.1. The van der Waals surface area contributed by atoms with Crippen molar-refractivity contribution in [1.29, 1.82) is 0 Å². The normalized spacial score (nSPS) is 10.4. The molecule has 2 aromatic carbocycles. The highest BCUT2D eigenvalue weighted by atomic mass is 32.2. The second-order valence-corrected chi connectivity index (χ2v) is 5.95. The molecule has 0 saturated carbocycles. The number of carbonyl (C=O) groups excluding carboxylic acids is 1. The van der Waals surface area contributed by atoms with Gasteiger partial charge in [-0.1, -0.05) is 30.0 Å². The van der Waals surface area contributed by atoms with Crippen molar-refractivity contribution in [2.24, 2.45) is 0 Å². The Labute approximate surface area is 141 Å². The number of pyridine rings is 1. The number of hydrogen-bond acceptors (Lipinski definition) is 3. The zero-order chi connectivity index (χ0) is 16.9. The third kappa shape index (κ3) is 3.97. The maximum atomic E-state index is 13.2. The van der Waals surface area contributed by atoms with Crippen LogP contribution in [0.4, 0.5) is 14.5 Å². The van der Waals surface area contributed by atoms with Gasteiger partial charge < -0.3 is 5.32 Å². The van der Waals surface area contributed by atoms with Crippen molar-refractivity contribution in [3.63, 3.8) is 0 Å². The van der Waals surface area contributed by atoms with Crippen LogP contribution in [-0.4, -0.2) is 10.9 Å². The van der Waals surface area contributed by atoms with E-state index in [4.69, 9.17) is 0 Å². The van der Waals surface area contributed by atoms with E-state index < -0.39 is 17.5 Å². The molecule has 0 atom stereocenters. The predicted octanol–water partition coefficient (Wildman–Crippen LogP) is 4.76. The number of benzene rings is 2. The van der Waals surface area contributed by atoms with Crippen LogP contribution in [0.2, 0.25) is 0 Å². The van der Waals surface area contributed by atoms with Gasteiger partial charge in [-0.15, -0.1) is 0 Å². The molecule has 0 aliphatic carbocycles. The molecular weight excluding hydrogens is 330 g/mol. The molecule has 3 rings (SSSR count). The highest BCUT2D eigenvalue weighted by Gasteiger charge is 2.14. The highest BCUT2D eigenvalue weighted by molar-refractivity contribution is 7.99. The van der Waals surface area contributed by atoms with E-state index in [2.05, 4.69) is 10.3 Å². The van der Waals surface area contributed by atoms with Crippen LogP contribution in [0, 0.1) is 11.6 Å². The Morgan fingerprint density at radius 2 is 1.67 bits per heavy atom. The van der Waals surface area contributed by atoms with E-state index in [1.54, 1.807) is 18.3 Å². The first-order valence-corrected chi connectivity index (χ1v) is 7.89. The molecule has 0 aliphatic heterocycles. The lowest BCUT2D eigenvalue weighted by atomic mass is 10.2. The van der Waals surface area contributed by atoms with Crippen LogP contribution in [0.3, 0.4) is 0 Å². The first-order valence-electron chi connectivity index (χ1n) is 7.07. The fourth-order valence-corrected chi connectivity index (χ4v) is 2.97. The molecule has 1 heterocycles. The van der Waals surface area contributed by atoms with Gasteiger partial charge in [0, 0.05) is 22.8 Å². The lowest BCUT2D eigenvalue weighted by Crippen LogP contribution is -2.14. The smallest absolute Gasteiger partial charge is 0.258 e. The fraction of sp³-hybridized carbons (Fsp3) is 0. The standard InChI is InChI=1S/C18H12F2N2OS/c19-12-9-13(20)11-14(10-12)22-17(23)16-7-4-8-21-18(16)24-15-5-2-1-3-6-15/h1-11H,(H,22,23). The van der Waals surface area contributed by atoms with Crippen LogP contribution in [-0.2, 0) is 0 Å². The summed E-state index contributed by atoms with van der Waals surface area (Å²) in [5, 5.41) is 3.01. The number of nitrogens with zero attached hydrogens (tertiary/aromatic N) is 1. The maximum Gasteiger partial charge on any atom is 0.258 e. The Morgan fingerprint density at radius 1 is 0.958 bits per heavy atom. The largest absolute Gasteiger partial charge is 0.322 e. The van der Waals surface area contributed by atoms with Crippen LogP contribution in [0.5, 0.6) is 0 Å². The molecule has 1 amide bonds. The minimum absolute atomic E-state index is 0.0528. The van der Waals surface area contributed by atoms with Gasteiger partial charge in [0.1, 0.15) is 16.7 Å². The van der Waals surface area contributed by atoms with E-state index in [0.29, 0.717) is 10.6 Å². The van der Waals surface area contributed by atoms with Crippen LogP contribution in [0.25, 0.3) is 0 Å². The summed E-state index contributed by atoms with van der Waals surface area (Å²) < 4.78 is 26.5. The van der Waals surface area contributed by atoms with Gasteiger partial charge >= 0.3 is 0 Å². The molecule has 6 heteroatoms. The molecule has 3 aromatic rings. The second-order valence-electron chi connectivity index (χ2n) is 4.88. The van der Waals surface area contributed by atoms with Gasteiger partial charge in [0.15, 0.2) is 0 Å². The van der Waals surface area contributed by atoms with Gasteiger partial charge in [-0.2, -0.15) is 0 Å². The fourth-order valence-electron chi connectivity index (χ4n) is 2.07. The van der Waals surface area contributed by atoms with Crippen molar-refractivity contribution in [3.05, 3.63) is 84.1 Å². The van der Waals surface area contributed by atoms with Crippen molar-refractivity contribution in [2.45, 2.75) is 9.92 Å². The third-order valence-electron chi connectivity index (χ3n) is 3.09. The van der Waals surface area contributed by atoms with Gasteiger partial charge in [-0.05, 0) is 36.4 Å². The quantitative estimate of drug-likeness (QED) is 0.743. The Balaban J connectivity index is 1.85. The summed E-state index contributed by atoms with van der Waals surface area (Å²) in [6.45, 7) is 0. The molecule has 0 bridgehead atoms. The number of nitrogens with one attached hydrogen (secondary N) is 1. The Hall–Kier alpha value is -2.73. The lowest BCUT2D eigenvalue weighted by molar-refractivity contribution is 0.102. The van der Waals surface area contributed by atoms with Crippen molar-refractivity contribution < 1.29 is 13.6 Å². The number of rotatable bonds is 4. The predicted molar refractivity (Wildman–Crippen MR) is 89.1 cm³/mol. The first-order chi connectivity index (χ1) is 11.6. The minimum Gasteiger partial charge on any atom is -0.322 e. The number of carbonyl (C=O) groups is 1. The summed E-state index contributed by atoms with van der Waals surface area (Å²) in [6.07, 6.45) is 1.59. The lowest BCUT2D eigenvalue weighted by Gasteiger charge is -2.09. The zero-order valence-corrected chi connectivity index (χ0v) is 13.2. The Bertz CT molecular complexity index is 852. The minimum atomic E-state index is -0.754. The number of hydrogen-bond donors (Lipinski definition) is 1. The van der Waals surface area contributed by atoms with E-state index in [9.17, 15) is 13.6 Å². The molecule has 0 saturated heterocycles. The van der Waals surface area contributed by atoms with Crippen molar-refractivity contribution in [2.75, 3.05) is 5.32 Å². The van der Waals surface area contributed by atoms with E-state index in [0.717, 1.165) is 23.1 Å². The molecule has 1 N–H and O–H groups in total. The van der Waals surface area contributed by atoms with Crippen LogP contribution in [0.15, 0.2) is 76.8 Å². The maximum absolute atomic E-state index is 13.2. The van der Waals surface area contributed by atoms with E-state index in [1.807, 2.05) is 30.3 Å². The molecular formula is C18H12F2N2OS. The molecule has 24 heavy (non-hydrogen) atoms. The van der Waals surface area contributed by atoms with Gasteiger partial charge in [0.05, 0.1) is 5.56 Å². The molecule has 0 spiro atoms.